The molecular formula is C19H32N2. The largest absolute Gasteiger partial charge is 0.309 e. The highest BCUT2D eigenvalue weighted by molar-refractivity contribution is 5.21. The van der Waals surface area contributed by atoms with Crippen molar-refractivity contribution in [2.24, 2.45) is 5.92 Å². The van der Waals surface area contributed by atoms with Crippen molar-refractivity contribution < 1.29 is 0 Å². The molecule has 1 aromatic rings. The molecule has 0 radical (unpaired) electrons. The molecule has 0 aromatic heterocycles. The van der Waals surface area contributed by atoms with Crippen molar-refractivity contribution in [2.45, 2.75) is 65.1 Å². The Labute approximate surface area is 130 Å². The number of hydrogen-bond donors (Lipinski definition) is 1. The molecule has 2 nitrogen and oxygen atoms in total. The van der Waals surface area contributed by atoms with Gasteiger partial charge in [0.05, 0.1) is 0 Å². The predicted octanol–water partition coefficient (Wildman–Crippen LogP) is 4.24. The fraction of sp³-hybridized carbons (Fsp3) is 0.684. The maximum absolute atomic E-state index is 3.78. The van der Waals surface area contributed by atoms with Crippen LogP contribution in [0.15, 0.2) is 30.3 Å². The minimum atomic E-state index is 0.436. The number of nitrogens with one attached hydrogen (secondary N) is 1. The Hall–Kier alpha value is -0.860. The van der Waals surface area contributed by atoms with E-state index >= 15 is 0 Å². The van der Waals surface area contributed by atoms with Crippen LogP contribution in [0.3, 0.4) is 0 Å². The lowest BCUT2D eigenvalue weighted by molar-refractivity contribution is 0.142. The van der Waals surface area contributed by atoms with Gasteiger partial charge in [-0.25, -0.2) is 0 Å². The van der Waals surface area contributed by atoms with E-state index in [1.807, 2.05) is 0 Å². The summed E-state index contributed by atoms with van der Waals surface area (Å²) in [6, 6.07) is 12.8. The molecule has 1 fully saturated rings. The SMILES string of the molecule is CCCNC(c1ccccc1)C(C)N(CC(C)C)C1CC1. The molecule has 2 unspecified atom stereocenters. The summed E-state index contributed by atoms with van der Waals surface area (Å²) in [6.45, 7) is 11.6. The third kappa shape index (κ3) is 4.82. The molecule has 0 saturated heterocycles. The van der Waals surface area contributed by atoms with E-state index in [9.17, 15) is 0 Å². The smallest absolute Gasteiger partial charge is 0.0475 e. The van der Waals surface area contributed by atoms with Crippen molar-refractivity contribution in [3.63, 3.8) is 0 Å². The Morgan fingerprint density at radius 1 is 1.14 bits per heavy atom. The van der Waals surface area contributed by atoms with Crippen LogP contribution < -0.4 is 5.32 Å². The number of benzene rings is 1. The van der Waals surface area contributed by atoms with Crippen molar-refractivity contribution in [1.82, 2.24) is 10.2 Å². The van der Waals surface area contributed by atoms with Crippen LogP contribution in [0.4, 0.5) is 0 Å². The van der Waals surface area contributed by atoms with Gasteiger partial charge < -0.3 is 5.32 Å². The van der Waals surface area contributed by atoms with Crippen LogP contribution in [0.5, 0.6) is 0 Å². The molecule has 118 valence electrons. The predicted molar refractivity (Wildman–Crippen MR) is 91.5 cm³/mol. The zero-order valence-electron chi connectivity index (χ0n) is 14.2. The van der Waals surface area contributed by atoms with Crippen LogP contribution in [0.2, 0.25) is 0 Å². The van der Waals surface area contributed by atoms with E-state index in [0.717, 1.165) is 18.5 Å². The molecule has 0 spiro atoms. The highest BCUT2D eigenvalue weighted by Crippen LogP contribution is 2.33. The average molecular weight is 288 g/mol. The zero-order chi connectivity index (χ0) is 15.2. The first-order valence-corrected chi connectivity index (χ1v) is 8.67. The van der Waals surface area contributed by atoms with E-state index in [2.05, 4.69) is 68.2 Å². The summed E-state index contributed by atoms with van der Waals surface area (Å²) in [5.41, 5.74) is 1.42. The van der Waals surface area contributed by atoms with E-state index in [-0.39, 0.29) is 0 Å². The summed E-state index contributed by atoms with van der Waals surface area (Å²) in [5, 5.41) is 3.78. The van der Waals surface area contributed by atoms with Gasteiger partial charge in [0.2, 0.25) is 0 Å². The maximum atomic E-state index is 3.78. The summed E-state index contributed by atoms with van der Waals surface area (Å²) >= 11 is 0. The zero-order valence-corrected chi connectivity index (χ0v) is 14.2. The quantitative estimate of drug-likeness (QED) is 0.731. The molecule has 1 aliphatic carbocycles. The second-order valence-corrected chi connectivity index (χ2v) is 6.90. The van der Waals surface area contributed by atoms with Crippen molar-refractivity contribution in [2.75, 3.05) is 13.1 Å². The van der Waals surface area contributed by atoms with Crippen molar-refractivity contribution >= 4 is 0 Å². The molecule has 2 heteroatoms. The highest BCUT2D eigenvalue weighted by atomic mass is 15.2. The first-order chi connectivity index (χ1) is 10.1. The van der Waals surface area contributed by atoms with Crippen LogP contribution in [0.25, 0.3) is 0 Å². The molecular weight excluding hydrogens is 256 g/mol. The van der Waals surface area contributed by atoms with Crippen LogP contribution in [0, 0.1) is 5.92 Å². The van der Waals surface area contributed by atoms with Gasteiger partial charge in [-0.2, -0.15) is 0 Å². The molecule has 1 N–H and O–H groups in total. The minimum Gasteiger partial charge on any atom is -0.309 e. The molecule has 1 aromatic carbocycles. The minimum absolute atomic E-state index is 0.436. The Morgan fingerprint density at radius 3 is 2.33 bits per heavy atom. The van der Waals surface area contributed by atoms with Gasteiger partial charge in [-0.15, -0.1) is 0 Å². The second kappa shape index (κ2) is 7.95. The van der Waals surface area contributed by atoms with Gasteiger partial charge in [0, 0.05) is 24.7 Å². The maximum Gasteiger partial charge on any atom is 0.0475 e. The Bertz CT molecular complexity index is 397. The molecule has 2 rings (SSSR count). The van der Waals surface area contributed by atoms with E-state index in [1.54, 1.807) is 0 Å². The van der Waals surface area contributed by atoms with E-state index in [4.69, 9.17) is 0 Å². The molecule has 0 aliphatic heterocycles. The Morgan fingerprint density at radius 2 is 1.81 bits per heavy atom. The number of nitrogens with zero attached hydrogens (tertiary/aromatic N) is 1. The number of hydrogen-bond acceptors (Lipinski definition) is 2. The van der Waals surface area contributed by atoms with E-state index in [0.29, 0.717) is 12.1 Å². The molecule has 0 amide bonds. The molecule has 0 bridgehead atoms. The highest BCUT2D eigenvalue weighted by Gasteiger charge is 2.35. The number of rotatable bonds is 9. The topological polar surface area (TPSA) is 15.3 Å². The standard InChI is InChI=1S/C19H32N2/c1-5-13-20-19(17-9-7-6-8-10-17)16(4)21(14-15(2)3)18-11-12-18/h6-10,15-16,18-20H,5,11-14H2,1-4H3. The Kier molecular flexibility index (Phi) is 6.25. The van der Waals surface area contributed by atoms with E-state index < -0.39 is 0 Å². The van der Waals surface area contributed by atoms with Crippen molar-refractivity contribution in [3.8, 4) is 0 Å². The molecule has 2 atom stereocenters. The summed E-state index contributed by atoms with van der Waals surface area (Å²) in [7, 11) is 0. The lowest BCUT2D eigenvalue weighted by Crippen LogP contribution is -2.45. The first kappa shape index (κ1) is 16.5. The molecule has 0 heterocycles. The van der Waals surface area contributed by atoms with Gasteiger partial charge in [-0.3, -0.25) is 4.90 Å². The van der Waals surface area contributed by atoms with Crippen molar-refractivity contribution in [1.29, 1.82) is 0 Å². The van der Waals surface area contributed by atoms with Crippen LogP contribution in [0.1, 0.15) is 58.6 Å². The summed E-state index contributed by atoms with van der Waals surface area (Å²) in [4.78, 5) is 2.74. The monoisotopic (exact) mass is 288 g/mol. The molecule has 21 heavy (non-hydrogen) atoms. The van der Waals surface area contributed by atoms with Gasteiger partial charge in [-0.05, 0) is 44.2 Å². The summed E-state index contributed by atoms with van der Waals surface area (Å²) in [6.07, 6.45) is 3.95. The lowest BCUT2D eigenvalue weighted by Gasteiger charge is -2.37. The second-order valence-electron chi connectivity index (χ2n) is 6.90. The van der Waals surface area contributed by atoms with Crippen LogP contribution >= 0.6 is 0 Å². The third-order valence-electron chi connectivity index (χ3n) is 4.37. The summed E-state index contributed by atoms with van der Waals surface area (Å²) in [5.74, 6) is 0.732. The van der Waals surface area contributed by atoms with Crippen molar-refractivity contribution in [3.05, 3.63) is 35.9 Å². The third-order valence-corrected chi connectivity index (χ3v) is 4.37. The van der Waals surface area contributed by atoms with Gasteiger partial charge >= 0.3 is 0 Å². The fourth-order valence-corrected chi connectivity index (χ4v) is 3.19. The van der Waals surface area contributed by atoms with Gasteiger partial charge in [0.15, 0.2) is 0 Å². The van der Waals surface area contributed by atoms with E-state index in [1.165, 1.54) is 31.4 Å². The van der Waals surface area contributed by atoms with Gasteiger partial charge in [0.25, 0.3) is 0 Å². The Balaban J connectivity index is 2.13. The van der Waals surface area contributed by atoms with Crippen LogP contribution in [-0.2, 0) is 0 Å². The van der Waals surface area contributed by atoms with Gasteiger partial charge in [-0.1, -0.05) is 51.1 Å². The lowest BCUT2D eigenvalue weighted by atomic mass is 9.98. The molecule has 1 saturated carbocycles. The fourth-order valence-electron chi connectivity index (χ4n) is 3.19. The van der Waals surface area contributed by atoms with Crippen LogP contribution in [-0.4, -0.2) is 30.1 Å². The molecule has 1 aliphatic rings. The first-order valence-electron chi connectivity index (χ1n) is 8.67. The van der Waals surface area contributed by atoms with Gasteiger partial charge in [0.1, 0.15) is 0 Å². The normalized spacial score (nSPS) is 18.2. The summed E-state index contributed by atoms with van der Waals surface area (Å²) < 4.78 is 0. The average Bonchev–Trinajstić information content (AvgIpc) is 3.30.